The molecule has 3 unspecified atom stereocenters. The lowest BCUT2D eigenvalue weighted by Gasteiger charge is -2.51. The molecule has 9 heteroatoms. The number of nitrogens with zero attached hydrogens (tertiary/aromatic N) is 1. The van der Waals surface area contributed by atoms with E-state index in [-0.39, 0.29) is 28.7 Å². The first-order valence-corrected chi connectivity index (χ1v) is 20.7. The Kier molecular flexibility index (Phi) is 8.00. The van der Waals surface area contributed by atoms with Crippen molar-refractivity contribution in [3.8, 4) is 0 Å². The summed E-state index contributed by atoms with van der Waals surface area (Å²) in [5.41, 5.74) is 5.92. The Morgan fingerprint density at radius 2 is 1.76 bits per heavy atom. The molecule has 0 aromatic carbocycles. The van der Waals surface area contributed by atoms with E-state index in [1.165, 1.54) is 12.2 Å². The molecule has 1 N–H and O–H groups in total. The molecule has 238 valence electrons. The highest BCUT2D eigenvalue weighted by molar-refractivity contribution is 8.49. The van der Waals surface area contributed by atoms with Gasteiger partial charge >= 0.3 is 0 Å². The van der Waals surface area contributed by atoms with Gasteiger partial charge in [0.1, 0.15) is 6.10 Å². The van der Waals surface area contributed by atoms with E-state index in [4.69, 9.17) is 9.41 Å². The zero-order valence-electron chi connectivity index (χ0n) is 27.1. The van der Waals surface area contributed by atoms with E-state index in [1.54, 1.807) is 0 Å². The van der Waals surface area contributed by atoms with Crippen LogP contribution in [0.4, 0.5) is 15.5 Å². The monoisotopic (exact) mass is 629 g/mol. The predicted octanol–water partition coefficient (Wildman–Crippen LogP) is 11.1. The van der Waals surface area contributed by atoms with Crippen molar-refractivity contribution < 1.29 is 25.1 Å². The third-order valence-corrected chi connectivity index (χ3v) is 16.0. The minimum atomic E-state index is -8.21. The van der Waals surface area contributed by atoms with Gasteiger partial charge < -0.3 is 9.53 Å². The van der Waals surface area contributed by atoms with Crippen molar-refractivity contribution >= 4 is 23.7 Å². The van der Waals surface area contributed by atoms with Crippen LogP contribution in [0.5, 0.6) is 0 Å². The van der Waals surface area contributed by atoms with E-state index in [1.807, 2.05) is 13.8 Å². The van der Waals surface area contributed by atoms with Crippen LogP contribution in [-0.2, 0) is 10.8 Å². The van der Waals surface area contributed by atoms with Crippen LogP contribution < -0.4 is 0 Å². The first-order valence-electron chi connectivity index (χ1n) is 15.3. The van der Waals surface area contributed by atoms with Gasteiger partial charge in [0, 0.05) is 28.8 Å². The number of aromatic nitrogens is 1. The second-order valence-corrected chi connectivity index (χ2v) is 24.1. The Labute approximate surface area is 251 Å². The Morgan fingerprint density at radius 3 is 2.24 bits per heavy atom. The highest BCUT2D eigenvalue weighted by Gasteiger charge is 2.63. The lowest BCUT2D eigenvalue weighted by Crippen LogP contribution is -2.44. The summed E-state index contributed by atoms with van der Waals surface area (Å²) in [7, 11) is -10.4. The molecule has 0 radical (unpaired) electrons. The van der Waals surface area contributed by atoms with Gasteiger partial charge in [-0.2, -0.15) is 0 Å². The van der Waals surface area contributed by atoms with E-state index in [0.717, 1.165) is 66.3 Å². The van der Waals surface area contributed by atoms with Crippen molar-refractivity contribution in [1.29, 1.82) is 0 Å². The molecule has 0 aliphatic heterocycles. The summed E-state index contributed by atoms with van der Waals surface area (Å²) in [4.78, 5) is 5.24. The zero-order chi connectivity index (χ0) is 31.7. The number of aliphatic hydroxyl groups excluding tert-OH is 1. The number of allylic oxidation sites excluding steroid dienone is 3. The van der Waals surface area contributed by atoms with Gasteiger partial charge in [-0.25, -0.2) is 0 Å². The fourth-order valence-electron chi connectivity index (χ4n) is 6.31. The maximum atomic E-state index is 14.2. The Bertz CT molecular complexity index is 1340. The molecule has 1 aromatic rings. The highest BCUT2D eigenvalue weighted by atomic mass is 32.5. The minimum Gasteiger partial charge on any atom is -0.410 e. The molecule has 3 atom stereocenters. The normalized spacial score (nSPS) is 25.4. The maximum absolute atomic E-state index is 14.2. The summed E-state index contributed by atoms with van der Waals surface area (Å²) in [5.74, 6) is -0.0269. The standard InChI is InChI=1S/C33H51F4NO2SSi/c1-21(2)30-29(31(39)23-15-17-24(18-16-23)41(8,34,35,36)37)27(22-13-11-12-14-22)28-25(38-30)19-33(6,7)20-26(28)40-42(9,10)32(3,4)5/h13,15-17,21,24,26,31,39H,11-12,14,18-20H2,1-10H3. The first-order chi connectivity index (χ1) is 18.8. The number of hydrogen-bond acceptors (Lipinski definition) is 3. The SMILES string of the molecule is CC(C)c1nc2c(c(C3=CCCC3)c1C(O)C1=CCC(S(C)(F)(F)(F)F)C=C1)C(O[Si](C)(C)C(C)(C)C)CC(C)(C)C2. The zero-order valence-corrected chi connectivity index (χ0v) is 28.9. The molecule has 1 heterocycles. The molecule has 1 aromatic heterocycles. The van der Waals surface area contributed by atoms with E-state index >= 15 is 0 Å². The second kappa shape index (κ2) is 10.0. The first kappa shape index (κ1) is 33.5. The van der Waals surface area contributed by atoms with Crippen molar-refractivity contribution in [2.45, 2.75) is 128 Å². The van der Waals surface area contributed by atoms with Gasteiger partial charge in [0.2, 0.25) is 0 Å². The summed E-state index contributed by atoms with van der Waals surface area (Å²) in [6.07, 6.45) is 8.04. The van der Waals surface area contributed by atoms with Gasteiger partial charge in [-0.1, -0.05) is 72.8 Å². The van der Waals surface area contributed by atoms with Gasteiger partial charge in [0.15, 0.2) is 18.2 Å². The van der Waals surface area contributed by atoms with Crippen LogP contribution in [0.2, 0.25) is 18.1 Å². The van der Waals surface area contributed by atoms with Gasteiger partial charge in [-0.3, -0.25) is 4.98 Å². The number of aliphatic hydroxyl groups is 1. The highest BCUT2D eigenvalue weighted by Crippen LogP contribution is 2.97. The average Bonchev–Trinajstić information content (AvgIpc) is 3.34. The van der Waals surface area contributed by atoms with E-state index in [0.29, 0.717) is 11.1 Å². The topological polar surface area (TPSA) is 42.4 Å². The van der Waals surface area contributed by atoms with Crippen molar-refractivity contribution in [2.75, 3.05) is 6.26 Å². The van der Waals surface area contributed by atoms with Crippen LogP contribution in [0.1, 0.15) is 127 Å². The molecule has 3 aliphatic carbocycles. The molecular weight excluding hydrogens is 579 g/mol. The third kappa shape index (κ3) is 6.79. The summed E-state index contributed by atoms with van der Waals surface area (Å²) in [6.45, 7) is 19.8. The van der Waals surface area contributed by atoms with Gasteiger partial charge in [0.25, 0.3) is 0 Å². The van der Waals surface area contributed by atoms with Crippen molar-refractivity contribution in [3.05, 3.63) is 58.0 Å². The number of rotatable bonds is 7. The van der Waals surface area contributed by atoms with Crippen LogP contribution in [-0.4, -0.2) is 29.9 Å². The molecule has 3 nitrogen and oxygen atoms in total. The van der Waals surface area contributed by atoms with Crippen LogP contribution in [0.3, 0.4) is 0 Å². The molecule has 42 heavy (non-hydrogen) atoms. The van der Waals surface area contributed by atoms with Crippen LogP contribution in [0, 0.1) is 5.41 Å². The third-order valence-electron chi connectivity index (χ3n) is 9.68. The van der Waals surface area contributed by atoms with E-state index in [9.17, 15) is 20.6 Å². The van der Waals surface area contributed by atoms with Gasteiger partial charge in [-0.15, -0.1) is 15.5 Å². The lowest BCUT2D eigenvalue weighted by molar-refractivity contribution is 0.105. The minimum absolute atomic E-state index is 0.00481. The van der Waals surface area contributed by atoms with Crippen molar-refractivity contribution in [2.24, 2.45) is 5.41 Å². The predicted molar refractivity (Wildman–Crippen MR) is 172 cm³/mol. The summed E-state index contributed by atoms with van der Waals surface area (Å²) in [5, 5.41) is 9.82. The largest absolute Gasteiger partial charge is 0.410 e. The Balaban J connectivity index is 1.94. The molecule has 4 rings (SSSR count). The second-order valence-electron chi connectivity index (χ2n) is 15.6. The Morgan fingerprint density at radius 1 is 1.12 bits per heavy atom. The fourth-order valence-corrected chi connectivity index (χ4v) is 8.63. The lowest BCUT2D eigenvalue weighted by atomic mass is 9.71. The van der Waals surface area contributed by atoms with Crippen molar-refractivity contribution in [1.82, 2.24) is 4.98 Å². The number of hydrogen-bond donors (Lipinski definition) is 1. The van der Waals surface area contributed by atoms with Gasteiger partial charge in [-0.05, 0) is 84.7 Å². The Hall–Kier alpha value is -1.42. The van der Waals surface area contributed by atoms with Crippen LogP contribution >= 0.6 is 9.84 Å². The average molecular weight is 630 g/mol. The summed E-state index contributed by atoms with van der Waals surface area (Å²) < 4.78 is 64.0. The molecule has 0 saturated carbocycles. The van der Waals surface area contributed by atoms with Crippen molar-refractivity contribution in [3.63, 3.8) is 0 Å². The number of pyridine rings is 1. The quantitative estimate of drug-likeness (QED) is 0.241. The molecular formula is C33H51F4NO2SSi. The number of halogens is 4. The molecule has 0 bridgehead atoms. The molecule has 0 spiro atoms. The molecule has 0 amide bonds. The van der Waals surface area contributed by atoms with Crippen LogP contribution in [0.25, 0.3) is 5.57 Å². The summed E-state index contributed by atoms with van der Waals surface area (Å²) >= 11 is 0. The molecule has 0 saturated heterocycles. The fraction of sp³-hybridized carbons (Fsp3) is 0.667. The smallest absolute Gasteiger partial charge is 0.192 e. The number of fused-ring (bicyclic) bond motifs is 1. The molecule has 3 aliphatic rings. The van der Waals surface area contributed by atoms with E-state index in [2.05, 4.69) is 53.8 Å². The van der Waals surface area contributed by atoms with E-state index < -0.39 is 35.9 Å². The van der Waals surface area contributed by atoms with Gasteiger partial charge in [0.05, 0.1) is 11.4 Å². The summed E-state index contributed by atoms with van der Waals surface area (Å²) in [6, 6.07) is 0. The maximum Gasteiger partial charge on any atom is 0.192 e. The van der Waals surface area contributed by atoms with Crippen LogP contribution in [0.15, 0.2) is 29.9 Å². The molecule has 0 fully saturated rings.